The number of hydrogen-bond donors (Lipinski definition) is 0. The largest absolute Gasteiger partial charge is 0.454 e. The number of thioether (sulfide) groups is 1. The van der Waals surface area contributed by atoms with E-state index < -0.39 is 9.84 Å². The second-order valence-corrected chi connectivity index (χ2v) is 7.73. The topological polar surface area (TPSA) is 91.5 Å². The molecular weight excluding hydrogens is 316 g/mol. The van der Waals surface area contributed by atoms with Crippen LogP contribution in [0.15, 0.2) is 27.8 Å². The van der Waals surface area contributed by atoms with Crippen LogP contribution in [0.5, 0.6) is 11.5 Å². The molecule has 0 bridgehead atoms. The van der Waals surface area contributed by atoms with E-state index in [-0.39, 0.29) is 12.5 Å². The minimum Gasteiger partial charge on any atom is -0.454 e. The smallest absolute Gasteiger partial charge is 0.276 e. The first-order valence-electron chi connectivity index (χ1n) is 6.05. The Labute approximate surface area is 125 Å². The van der Waals surface area contributed by atoms with Crippen molar-refractivity contribution < 1.29 is 22.3 Å². The molecule has 0 fully saturated rings. The van der Waals surface area contributed by atoms with Gasteiger partial charge in [0.05, 0.1) is 5.75 Å². The van der Waals surface area contributed by atoms with E-state index in [0.29, 0.717) is 28.4 Å². The normalized spacial score (nSPS) is 13.6. The Kier molecular flexibility index (Phi) is 3.77. The highest BCUT2D eigenvalue weighted by molar-refractivity contribution is 8.00. The maximum absolute atomic E-state index is 11.1. The summed E-state index contributed by atoms with van der Waals surface area (Å²) in [5.41, 5.74) is 0.724. The van der Waals surface area contributed by atoms with Gasteiger partial charge in [0.1, 0.15) is 9.84 Å². The van der Waals surface area contributed by atoms with Crippen molar-refractivity contribution in [2.75, 3.05) is 24.6 Å². The van der Waals surface area contributed by atoms with Crippen LogP contribution < -0.4 is 9.47 Å². The lowest BCUT2D eigenvalue weighted by molar-refractivity contribution is 0.174. The van der Waals surface area contributed by atoms with Gasteiger partial charge in [0.25, 0.3) is 5.22 Å². The van der Waals surface area contributed by atoms with Gasteiger partial charge in [-0.15, -0.1) is 10.2 Å². The molecule has 1 aromatic carbocycles. The fourth-order valence-electron chi connectivity index (χ4n) is 1.69. The van der Waals surface area contributed by atoms with E-state index in [9.17, 15) is 8.42 Å². The highest BCUT2D eigenvalue weighted by Gasteiger charge is 2.17. The molecule has 21 heavy (non-hydrogen) atoms. The molecule has 3 rings (SSSR count). The van der Waals surface area contributed by atoms with Crippen molar-refractivity contribution in [2.45, 2.75) is 5.22 Å². The number of aromatic nitrogens is 2. The van der Waals surface area contributed by atoms with Gasteiger partial charge in [0, 0.05) is 17.6 Å². The first-order chi connectivity index (χ1) is 10.0. The quantitative estimate of drug-likeness (QED) is 0.764. The maximum Gasteiger partial charge on any atom is 0.276 e. The van der Waals surface area contributed by atoms with E-state index in [0.717, 1.165) is 5.56 Å². The summed E-state index contributed by atoms with van der Waals surface area (Å²) in [5, 5.41) is 8.17. The summed E-state index contributed by atoms with van der Waals surface area (Å²) in [6.07, 6.45) is 1.19. The van der Waals surface area contributed by atoms with Crippen LogP contribution in [-0.4, -0.2) is 43.2 Å². The van der Waals surface area contributed by atoms with Crippen molar-refractivity contribution >= 4 is 21.6 Å². The first-order valence-corrected chi connectivity index (χ1v) is 9.10. The third kappa shape index (κ3) is 3.48. The lowest BCUT2D eigenvalue weighted by atomic mass is 10.2. The summed E-state index contributed by atoms with van der Waals surface area (Å²) >= 11 is 1.21. The Balaban J connectivity index is 1.70. The molecular formula is C12H12N2O5S2. The Hall–Kier alpha value is -1.74. The molecule has 2 aromatic rings. The number of benzene rings is 1. The van der Waals surface area contributed by atoms with Gasteiger partial charge in [-0.2, -0.15) is 0 Å². The molecule has 0 unspecified atom stereocenters. The summed E-state index contributed by atoms with van der Waals surface area (Å²) < 4.78 is 38.1. The fourth-order valence-corrected chi connectivity index (χ4v) is 3.65. The highest BCUT2D eigenvalue weighted by atomic mass is 32.2. The molecule has 0 N–H and O–H groups in total. The number of hydrogen-bond acceptors (Lipinski definition) is 8. The molecule has 112 valence electrons. The number of nitrogens with zero attached hydrogens (tertiary/aromatic N) is 2. The monoisotopic (exact) mass is 328 g/mol. The van der Waals surface area contributed by atoms with Gasteiger partial charge in [0.15, 0.2) is 11.5 Å². The summed E-state index contributed by atoms with van der Waals surface area (Å²) in [7, 11) is -2.99. The van der Waals surface area contributed by atoms with Crippen LogP contribution >= 0.6 is 11.8 Å². The predicted molar refractivity (Wildman–Crippen MR) is 76.3 cm³/mol. The van der Waals surface area contributed by atoms with Crippen molar-refractivity contribution in [1.29, 1.82) is 0 Å². The zero-order valence-electron chi connectivity index (χ0n) is 11.1. The molecule has 7 nitrogen and oxygen atoms in total. The minimum absolute atomic E-state index is 0.0689. The number of sulfone groups is 1. The zero-order chi connectivity index (χ0) is 14.9. The van der Waals surface area contributed by atoms with Crippen molar-refractivity contribution in [1.82, 2.24) is 10.2 Å². The molecule has 1 aliphatic heterocycles. The van der Waals surface area contributed by atoms with Crippen molar-refractivity contribution in [3.63, 3.8) is 0 Å². The molecule has 0 radical (unpaired) electrons. The molecule has 0 aliphatic carbocycles. The molecule has 1 aliphatic rings. The summed E-state index contributed by atoms with van der Waals surface area (Å²) in [6.45, 7) is 0.204. The van der Waals surface area contributed by atoms with Gasteiger partial charge in [-0.25, -0.2) is 8.42 Å². The van der Waals surface area contributed by atoms with Crippen molar-refractivity contribution in [2.24, 2.45) is 0 Å². The number of ether oxygens (including phenoxy) is 2. The van der Waals surface area contributed by atoms with Gasteiger partial charge < -0.3 is 13.9 Å². The van der Waals surface area contributed by atoms with Gasteiger partial charge >= 0.3 is 0 Å². The van der Waals surface area contributed by atoms with Gasteiger partial charge in [-0.05, 0) is 18.2 Å². The zero-order valence-corrected chi connectivity index (χ0v) is 12.7. The minimum atomic E-state index is -2.99. The van der Waals surface area contributed by atoms with E-state index in [1.807, 2.05) is 0 Å². The third-order valence-corrected chi connectivity index (χ3v) is 4.73. The molecule has 2 heterocycles. The van der Waals surface area contributed by atoms with Gasteiger partial charge in [0.2, 0.25) is 12.7 Å². The Morgan fingerprint density at radius 2 is 2.05 bits per heavy atom. The van der Waals surface area contributed by atoms with Crippen molar-refractivity contribution in [3.8, 4) is 23.0 Å². The molecule has 0 spiro atoms. The Bertz CT molecular complexity index is 757. The van der Waals surface area contributed by atoms with E-state index in [4.69, 9.17) is 13.9 Å². The van der Waals surface area contributed by atoms with Crippen molar-refractivity contribution in [3.05, 3.63) is 18.2 Å². The van der Waals surface area contributed by atoms with E-state index in [2.05, 4.69) is 10.2 Å². The van der Waals surface area contributed by atoms with Crippen LogP contribution in [0.2, 0.25) is 0 Å². The number of rotatable bonds is 5. The van der Waals surface area contributed by atoms with Crippen LogP contribution in [0.1, 0.15) is 0 Å². The predicted octanol–water partition coefficient (Wildman–Crippen LogP) is 1.60. The fraction of sp³-hybridized carbons (Fsp3) is 0.333. The SMILES string of the molecule is CS(=O)(=O)CCSc1nnc(-c2ccc3c(c2)OCO3)o1. The summed E-state index contributed by atoms with van der Waals surface area (Å²) in [6, 6.07) is 5.34. The van der Waals surface area contributed by atoms with Crippen LogP contribution in [0, 0.1) is 0 Å². The highest BCUT2D eigenvalue weighted by Crippen LogP contribution is 2.35. The van der Waals surface area contributed by atoms with Crippen LogP contribution in [0.4, 0.5) is 0 Å². The molecule has 0 amide bonds. The Morgan fingerprint density at radius 1 is 1.24 bits per heavy atom. The van der Waals surface area contributed by atoms with E-state index in [1.54, 1.807) is 18.2 Å². The second-order valence-electron chi connectivity index (χ2n) is 4.42. The van der Waals surface area contributed by atoms with Crippen LogP contribution in [-0.2, 0) is 9.84 Å². The van der Waals surface area contributed by atoms with Gasteiger partial charge in [-0.1, -0.05) is 11.8 Å². The first kappa shape index (κ1) is 14.2. The van der Waals surface area contributed by atoms with Gasteiger partial charge in [-0.3, -0.25) is 0 Å². The standard InChI is InChI=1S/C12H12N2O5S2/c1-21(15,16)5-4-20-12-14-13-11(19-12)8-2-3-9-10(6-8)18-7-17-9/h2-3,6H,4-5,7H2,1H3. The Morgan fingerprint density at radius 3 is 2.86 bits per heavy atom. The molecule has 1 aromatic heterocycles. The summed E-state index contributed by atoms with van der Waals surface area (Å²) in [5.74, 6) is 2.12. The molecule has 0 saturated carbocycles. The maximum atomic E-state index is 11.1. The molecule has 0 saturated heterocycles. The van der Waals surface area contributed by atoms with E-state index in [1.165, 1.54) is 18.0 Å². The lowest BCUT2D eigenvalue weighted by Gasteiger charge is -1.98. The molecule has 0 atom stereocenters. The average Bonchev–Trinajstić information content (AvgIpc) is 3.04. The van der Waals surface area contributed by atoms with E-state index >= 15 is 0 Å². The second kappa shape index (κ2) is 5.57. The third-order valence-electron chi connectivity index (χ3n) is 2.71. The lowest BCUT2D eigenvalue weighted by Crippen LogP contribution is -2.04. The number of fused-ring (bicyclic) bond motifs is 1. The molecule has 9 heteroatoms. The van der Waals surface area contributed by atoms with Crippen LogP contribution in [0.25, 0.3) is 11.5 Å². The van der Waals surface area contributed by atoms with Crippen LogP contribution in [0.3, 0.4) is 0 Å². The average molecular weight is 328 g/mol. The summed E-state index contributed by atoms with van der Waals surface area (Å²) in [4.78, 5) is 0.